The van der Waals surface area contributed by atoms with E-state index in [4.69, 9.17) is 0 Å². The molecule has 3 fully saturated rings. The number of carbonyl (C=O) groups excluding carboxylic acids is 1. The van der Waals surface area contributed by atoms with E-state index in [-0.39, 0.29) is 11.7 Å². The first kappa shape index (κ1) is 11.5. The summed E-state index contributed by atoms with van der Waals surface area (Å²) >= 11 is 0. The zero-order valence-electron chi connectivity index (χ0n) is 11.3. The van der Waals surface area contributed by atoms with E-state index in [0.717, 1.165) is 19.4 Å². The van der Waals surface area contributed by atoms with Crippen molar-refractivity contribution in [3.8, 4) is 0 Å². The molecule has 3 nitrogen and oxygen atoms in total. The summed E-state index contributed by atoms with van der Waals surface area (Å²) in [7, 11) is 0. The van der Waals surface area contributed by atoms with Crippen molar-refractivity contribution in [1.82, 2.24) is 10.2 Å². The molecule has 1 N–H and O–H groups in total. The molecule has 96 valence electrons. The van der Waals surface area contributed by atoms with E-state index in [2.05, 4.69) is 31.0 Å². The fourth-order valence-corrected chi connectivity index (χ4v) is 3.17. The standard InChI is InChI=1S/C14H24N2O/c1-4-13(5-6-13)9-16-11(10(2)3)15-14(7-8-14)12(16)17/h10-11,15H,4-9H2,1-3H3. The lowest BCUT2D eigenvalue weighted by atomic mass is 10.0. The number of hydrogen-bond donors (Lipinski definition) is 1. The summed E-state index contributed by atoms with van der Waals surface area (Å²) in [5, 5.41) is 3.59. The topological polar surface area (TPSA) is 32.3 Å². The fourth-order valence-electron chi connectivity index (χ4n) is 3.17. The van der Waals surface area contributed by atoms with Crippen molar-refractivity contribution in [3.63, 3.8) is 0 Å². The van der Waals surface area contributed by atoms with Crippen LogP contribution in [0.15, 0.2) is 0 Å². The van der Waals surface area contributed by atoms with Gasteiger partial charge in [-0.15, -0.1) is 0 Å². The molecule has 1 spiro atoms. The van der Waals surface area contributed by atoms with Crippen molar-refractivity contribution in [2.45, 2.75) is 64.6 Å². The van der Waals surface area contributed by atoms with E-state index in [1.165, 1.54) is 19.3 Å². The highest BCUT2D eigenvalue weighted by atomic mass is 16.2. The SMILES string of the molecule is CCC1(CN2C(=O)C3(CC3)NC2C(C)C)CC1. The van der Waals surface area contributed by atoms with E-state index in [9.17, 15) is 4.79 Å². The summed E-state index contributed by atoms with van der Waals surface area (Å²) in [5.41, 5.74) is 0.323. The van der Waals surface area contributed by atoms with Crippen LogP contribution in [-0.4, -0.2) is 29.1 Å². The second-order valence-corrected chi connectivity index (χ2v) is 6.70. The first-order valence-electron chi connectivity index (χ1n) is 7.11. The third-order valence-corrected chi connectivity index (χ3v) is 5.02. The molecule has 2 saturated carbocycles. The van der Waals surface area contributed by atoms with Crippen molar-refractivity contribution in [2.24, 2.45) is 11.3 Å². The maximum absolute atomic E-state index is 12.5. The summed E-state index contributed by atoms with van der Waals surface area (Å²) in [5.74, 6) is 0.891. The van der Waals surface area contributed by atoms with Crippen LogP contribution in [0, 0.1) is 11.3 Å². The molecular formula is C14H24N2O. The van der Waals surface area contributed by atoms with Crippen LogP contribution >= 0.6 is 0 Å². The Morgan fingerprint density at radius 1 is 1.35 bits per heavy atom. The maximum atomic E-state index is 12.5. The van der Waals surface area contributed by atoms with Gasteiger partial charge in [-0.3, -0.25) is 10.1 Å². The number of nitrogens with zero attached hydrogens (tertiary/aromatic N) is 1. The van der Waals surface area contributed by atoms with Gasteiger partial charge in [-0.05, 0) is 43.4 Å². The Kier molecular flexibility index (Phi) is 2.35. The summed E-state index contributed by atoms with van der Waals surface area (Å²) < 4.78 is 0. The minimum atomic E-state index is -0.140. The molecule has 0 radical (unpaired) electrons. The van der Waals surface area contributed by atoms with Gasteiger partial charge >= 0.3 is 0 Å². The van der Waals surface area contributed by atoms with Gasteiger partial charge < -0.3 is 4.90 Å². The zero-order valence-corrected chi connectivity index (χ0v) is 11.3. The lowest BCUT2D eigenvalue weighted by molar-refractivity contribution is -0.132. The maximum Gasteiger partial charge on any atom is 0.244 e. The Bertz CT molecular complexity index is 342. The highest BCUT2D eigenvalue weighted by Gasteiger charge is 2.61. The minimum Gasteiger partial charge on any atom is -0.325 e. The molecule has 1 aliphatic heterocycles. The molecule has 3 heteroatoms. The predicted octanol–water partition coefficient (Wildman–Crippen LogP) is 2.12. The number of nitrogens with one attached hydrogen (secondary N) is 1. The molecule has 2 aliphatic carbocycles. The normalized spacial score (nSPS) is 32.6. The molecule has 1 atom stereocenters. The van der Waals surface area contributed by atoms with Gasteiger partial charge in [0.1, 0.15) is 0 Å². The van der Waals surface area contributed by atoms with Crippen molar-refractivity contribution in [2.75, 3.05) is 6.54 Å². The first-order chi connectivity index (χ1) is 8.02. The second-order valence-electron chi connectivity index (χ2n) is 6.70. The summed E-state index contributed by atoms with van der Waals surface area (Å²) in [6, 6.07) is 0. The number of carbonyl (C=O) groups is 1. The third-order valence-electron chi connectivity index (χ3n) is 5.02. The highest BCUT2D eigenvalue weighted by molar-refractivity contribution is 5.91. The van der Waals surface area contributed by atoms with E-state index in [0.29, 0.717) is 17.2 Å². The lowest BCUT2D eigenvalue weighted by Gasteiger charge is -2.30. The molecule has 3 aliphatic rings. The largest absolute Gasteiger partial charge is 0.325 e. The van der Waals surface area contributed by atoms with Crippen LogP contribution < -0.4 is 5.32 Å². The molecule has 1 heterocycles. The van der Waals surface area contributed by atoms with Crippen LogP contribution in [-0.2, 0) is 4.79 Å². The van der Waals surface area contributed by atoms with Crippen LogP contribution in [0.1, 0.15) is 52.9 Å². The number of amides is 1. The Balaban J connectivity index is 1.78. The number of rotatable bonds is 4. The van der Waals surface area contributed by atoms with E-state index in [1.807, 2.05) is 0 Å². The van der Waals surface area contributed by atoms with E-state index >= 15 is 0 Å². The lowest BCUT2D eigenvalue weighted by Crippen LogP contribution is -2.44. The molecule has 0 bridgehead atoms. The van der Waals surface area contributed by atoms with Gasteiger partial charge in [-0.1, -0.05) is 20.8 Å². The molecular weight excluding hydrogens is 212 g/mol. The summed E-state index contributed by atoms with van der Waals surface area (Å²) in [6.07, 6.45) is 6.20. The monoisotopic (exact) mass is 236 g/mol. The summed E-state index contributed by atoms with van der Waals surface area (Å²) in [4.78, 5) is 14.7. The van der Waals surface area contributed by atoms with Crippen molar-refractivity contribution < 1.29 is 4.79 Å². The zero-order chi connectivity index (χ0) is 12.3. The molecule has 0 aromatic carbocycles. The van der Waals surface area contributed by atoms with Crippen LogP contribution in [0.25, 0.3) is 0 Å². The van der Waals surface area contributed by atoms with Gasteiger partial charge in [-0.2, -0.15) is 0 Å². The Labute approximate surface area is 104 Å². The van der Waals surface area contributed by atoms with Gasteiger partial charge in [0.2, 0.25) is 5.91 Å². The van der Waals surface area contributed by atoms with Crippen molar-refractivity contribution >= 4 is 5.91 Å². The Morgan fingerprint density at radius 3 is 2.41 bits per heavy atom. The van der Waals surface area contributed by atoms with Gasteiger partial charge in [0.05, 0.1) is 11.7 Å². The van der Waals surface area contributed by atoms with Gasteiger partial charge in [0, 0.05) is 6.54 Å². The summed E-state index contributed by atoms with van der Waals surface area (Å²) in [6.45, 7) is 7.67. The molecule has 1 unspecified atom stereocenters. The third kappa shape index (κ3) is 1.70. The second kappa shape index (κ2) is 3.47. The van der Waals surface area contributed by atoms with Gasteiger partial charge in [0.15, 0.2) is 0 Å². The first-order valence-corrected chi connectivity index (χ1v) is 7.11. The van der Waals surface area contributed by atoms with Crippen LogP contribution in [0.4, 0.5) is 0 Å². The molecule has 0 aromatic heterocycles. The van der Waals surface area contributed by atoms with Crippen LogP contribution in [0.5, 0.6) is 0 Å². The quantitative estimate of drug-likeness (QED) is 0.811. The van der Waals surface area contributed by atoms with Gasteiger partial charge in [0.25, 0.3) is 0 Å². The number of hydrogen-bond acceptors (Lipinski definition) is 2. The van der Waals surface area contributed by atoms with Crippen LogP contribution in [0.3, 0.4) is 0 Å². The Morgan fingerprint density at radius 2 is 2.00 bits per heavy atom. The van der Waals surface area contributed by atoms with Crippen LogP contribution in [0.2, 0.25) is 0 Å². The highest BCUT2D eigenvalue weighted by Crippen LogP contribution is 2.52. The molecule has 1 amide bonds. The molecule has 17 heavy (non-hydrogen) atoms. The molecule has 1 saturated heterocycles. The Hall–Kier alpha value is -0.570. The van der Waals surface area contributed by atoms with Crippen molar-refractivity contribution in [1.29, 1.82) is 0 Å². The fraction of sp³-hybridized carbons (Fsp3) is 0.929. The molecule has 0 aromatic rings. The molecule has 3 rings (SSSR count). The smallest absolute Gasteiger partial charge is 0.244 e. The van der Waals surface area contributed by atoms with E-state index in [1.54, 1.807) is 0 Å². The van der Waals surface area contributed by atoms with E-state index < -0.39 is 0 Å². The minimum absolute atomic E-state index is 0.140. The average molecular weight is 236 g/mol. The predicted molar refractivity (Wildman–Crippen MR) is 67.4 cm³/mol. The van der Waals surface area contributed by atoms with Crippen molar-refractivity contribution in [3.05, 3.63) is 0 Å². The average Bonchev–Trinajstić information content (AvgIpc) is 3.18. The van der Waals surface area contributed by atoms with Gasteiger partial charge in [-0.25, -0.2) is 0 Å².